The molecule has 1 aliphatic heterocycles. The van der Waals surface area contributed by atoms with Crippen molar-refractivity contribution >= 4 is 15.9 Å². The van der Waals surface area contributed by atoms with E-state index in [2.05, 4.69) is 0 Å². The Hall–Kier alpha value is -1.44. The second kappa shape index (κ2) is 7.85. The Bertz CT molecular complexity index is 723. The highest BCUT2D eigenvalue weighted by molar-refractivity contribution is 7.89. The minimum atomic E-state index is -3.54. The van der Waals surface area contributed by atoms with Crippen LogP contribution in [0.3, 0.4) is 0 Å². The highest BCUT2D eigenvalue weighted by atomic mass is 32.2. The largest absolute Gasteiger partial charge is 0.339 e. The molecule has 1 fully saturated rings. The molecule has 1 atom stereocenters. The van der Waals surface area contributed by atoms with Gasteiger partial charge in [-0.1, -0.05) is 26.0 Å². The zero-order valence-electron chi connectivity index (χ0n) is 15.5. The Morgan fingerprint density at radius 1 is 1.16 bits per heavy atom. The van der Waals surface area contributed by atoms with Gasteiger partial charge in [0.1, 0.15) is 0 Å². The van der Waals surface area contributed by atoms with Gasteiger partial charge in [0, 0.05) is 26.2 Å². The monoisotopic (exact) mass is 367 g/mol. The molecular formula is C18H29N3O3S. The van der Waals surface area contributed by atoms with E-state index in [1.54, 1.807) is 17.9 Å². The van der Waals surface area contributed by atoms with Crippen molar-refractivity contribution < 1.29 is 13.2 Å². The molecule has 1 aromatic rings. The summed E-state index contributed by atoms with van der Waals surface area (Å²) >= 11 is 0. The highest BCUT2D eigenvalue weighted by Crippen LogP contribution is 2.22. The SMILES string of the molecule is Cc1ccc(C)c(S(=O)(=O)N2CCN(C(=O)[C@@H](N)CC(C)C)CC2)c1. The smallest absolute Gasteiger partial charge is 0.243 e. The Kier molecular flexibility index (Phi) is 6.24. The molecule has 1 saturated heterocycles. The molecular weight excluding hydrogens is 338 g/mol. The van der Waals surface area contributed by atoms with Crippen LogP contribution in [-0.4, -0.2) is 55.8 Å². The van der Waals surface area contributed by atoms with E-state index in [9.17, 15) is 13.2 Å². The number of piperazine rings is 1. The summed E-state index contributed by atoms with van der Waals surface area (Å²) in [6.07, 6.45) is 0.639. The first-order valence-electron chi connectivity index (χ1n) is 8.74. The van der Waals surface area contributed by atoms with Crippen LogP contribution in [0, 0.1) is 19.8 Å². The summed E-state index contributed by atoms with van der Waals surface area (Å²) < 4.78 is 27.3. The third kappa shape index (κ3) is 4.59. The Balaban J connectivity index is 2.06. The fourth-order valence-corrected chi connectivity index (χ4v) is 4.85. The molecule has 2 N–H and O–H groups in total. The zero-order valence-corrected chi connectivity index (χ0v) is 16.3. The van der Waals surface area contributed by atoms with Gasteiger partial charge in [-0.2, -0.15) is 4.31 Å². The van der Waals surface area contributed by atoms with Crippen LogP contribution in [0.2, 0.25) is 0 Å². The second-order valence-electron chi connectivity index (χ2n) is 7.23. The molecule has 1 amide bonds. The molecule has 25 heavy (non-hydrogen) atoms. The average Bonchev–Trinajstić information content (AvgIpc) is 2.55. The van der Waals surface area contributed by atoms with Crippen molar-refractivity contribution in [2.24, 2.45) is 11.7 Å². The normalized spacial score (nSPS) is 17.8. The Morgan fingerprint density at radius 2 is 1.76 bits per heavy atom. The summed E-state index contributed by atoms with van der Waals surface area (Å²) in [6.45, 7) is 9.11. The van der Waals surface area contributed by atoms with Gasteiger partial charge in [0.2, 0.25) is 15.9 Å². The maximum Gasteiger partial charge on any atom is 0.243 e. The van der Waals surface area contributed by atoms with Crippen molar-refractivity contribution in [3.8, 4) is 0 Å². The van der Waals surface area contributed by atoms with Gasteiger partial charge in [-0.05, 0) is 43.4 Å². The summed E-state index contributed by atoms with van der Waals surface area (Å²) in [7, 11) is -3.54. The number of benzene rings is 1. The summed E-state index contributed by atoms with van der Waals surface area (Å²) in [5.74, 6) is 0.266. The highest BCUT2D eigenvalue weighted by Gasteiger charge is 2.32. The van der Waals surface area contributed by atoms with E-state index in [1.165, 1.54) is 4.31 Å². The van der Waals surface area contributed by atoms with Crippen LogP contribution in [-0.2, 0) is 14.8 Å². The first-order chi connectivity index (χ1) is 11.6. The van der Waals surface area contributed by atoms with E-state index in [0.29, 0.717) is 43.4 Å². The predicted molar refractivity (Wildman–Crippen MR) is 98.7 cm³/mol. The number of carbonyl (C=O) groups is 1. The molecule has 0 saturated carbocycles. The van der Waals surface area contributed by atoms with Gasteiger partial charge in [0.05, 0.1) is 10.9 Å². The lowest BCUT2D eigenvalue weighted by molar-refractivity contribution is -0.134. The fourth-order valence-electron chi connectivity index (χ4n) is 3.12. The van der Waals surface area contributed by atoms with Crippen LogP contribution in [0.25, 0.3) is 0 Å². The van der Waals surface area contributed by atoms with Crippen LogP contribution in [0.4, 0.5) is 0 Å². The molecule has 0 spiro atoms. The number of hydrogen-bond donors (Lipinski definition) is 1. The van der Waals surface area contributed by atoms with E-state index >= 15 is 0 Å². The van der Waals surface area contributed by atoms with Crippen LogP contribution in [0.15, 0.2) is 23.1 Å². The fraction of sp³-hybridized carbons (Fsp3) is 0.611. The van der Waals surface area contributed by atoms with Gasteiger partial charge >= 0.3 is 0 Å². The predicted octanol–water partition coefficient (Wildman–Crippen LogP) is 1.51. The van der Waals surface area contributed by atoms with E-state index in [-0.39, 0.29) is 5.91 Å². The zero-order chi connectivity index (χ0) is 18.8. The number of hydrogen-bond acceptors (Lipinski definition) is 4. The minimum absolute atomic E-state index is 0.0857. The number of rotatable bonds is 5. The second-order valence-corrected chi connectivity index (χ2v) is 9.14. The van der Waals surface area contributed by atoms with Crippen LogP contribution < -0.4 is 5.73 Å². The van der Waals surface area contributed by atoms with Crippen molar-refractivity contribution in [2.45, 2.75) is 45.1 Å². The average molecular weight is 368 g/mol. The molecule has 7 heteroatoms. The number of nitrogens with two attached hydrogens (primary N) is 1. The van der Waals surface area contributed by atoms with Crippen molar-refractivity contribution in [1.29, 1.82) is 0 Å². The van der Waals surface area contributed by atoms with Crippen molar-refractivity contribution in [3.05, 3.63) is 29.3 Å². The van der Waals surface area contributed by atoms with Crippen molar-refractivity contribution in [2.75, 3.05) is 26.2 Å². The molecule has 1 aromatic carbocycles. The van der Waals surface area contributed by atoms with Gasteiger partial charge in [0.15, 0.2) is 0 Å². The molecule has 2 rings (SSSR count). The molecule has 0 radical (unpaired) electrons. The first kappa shape index (κ1) is 19.9. The molecule has 140 valence electrons. The molecule has 1 heterocycles. The molecule has 1 aliphatic rings. The lowest BCUT2D eigenvalue weighted by Gasteiger charge is -2.35. The molecule has 6 nitrogen and oxygen atoms in total. The standard InChI is InChI=1S/C18H29N3O3S/c1-13(2)11-16(19)18(22)20-7-9-21(10-8-20)25(23,24)17-12-14(3)5-6-15(17)4/h5-6,12-13,16H,7-11,19H2,1-4H3/t16-/m0/s1. The number of sulfonamides is 1. The summed E-state index contributed by atoms with van der Waals surface area (Å²) in [4.78, 5) is 14.4. The maximum absolute atomic E-state index is 12.9. The van der Waals surface area contributed by atoms with E-state index in [1.807, 2.05) is 32.9 Å². The lowest BCUT2D eigenvalue weighted by atomic mass is 10.0. The van der Waals surface area contributed by atoms with Gasteiger partial charge in [-0.15, -0.1) is 0 Å². The lowest BCUT2D eigenvalue weighted by Crippen LogP contribution is -2.54. The van der Waals surface area contributed by atoms with E-state index in [4.69, 9.17) is 5.73 Å². The molecule has 0 aliphatic carbocycles. The van der Waals surface area contributed by atoms with Gasteiger partial charge in [-0.25, -0.2) is 8.42 Å². The van der Waals surface area contributed by atoms with Crippen molar-refractivity contribution in [3.63, 3.8) is 0 Å². The Labute approximate surface area is 151 Å². The minimum Gasteiger partial charge on any atom is -0.339 e. The van der Waals surface area contributed by atoms with Gasteiger partial charge < -0.3 is 10.6 Å². The number of carbonyl (C=O) groups excluding carboxylic acids is 1. The number of aryl methyl sites for hydroxylation is 2. The topological polar surface area (TPSA) is 83.7 Å². The molecule has 0 aromatic heterocycles. The summed E-state index contributed by atoms with van der Waals surface area (Å²) in [6, 6.07) is 4.93. The number of nitrogens with zero attached hydrogens (tertiary/aromatic N) is 2. The van der Waals surface area contributed by atoms with Crippen LogP contribution in [0.1, 0.15) is 31.4 Å². The van der Waals surface area contributed by atoms with E-state index in [0.717, 1.165) is 11.1 Å². The van der Waals surface area contributed by atoms with Crippen LogP contribution >= 0.6 is 0 Å². The van der Waals surface area contributed by atoms with E-state index < -0.39 is 16.1 Å². The number of amides is 1. The van der Waals surface area contributed by atoms with Crippen molar-refractivity contribution in [1.82, 2.24) is 9.21 Å². The molecule has 0 bridgehead atoms. The summed E-state index contributed by atoms with van der Waals surface area (Å²) in [5, 5.41) is 0. The molecule has 0 unspecified atom stereocenters. The third-order valence-corrected chi connectivity index (χ3v) is 6.59. The van der Waals surface area contributed by atoms with Crippen LogP contribution in [0.5, 0.6) is 0 Å². The maximum atomic E-state index is 12.9. The first-order valence-corrected chi connectivity index (χ1v) is 10.2. The third-order valence-electron chi connectivity index (χ3n) is 4.55. The van der Waals surface area contributed by atoms with Gasteiger partial charge in [0.25, 0.3) is 0 Å². The quantitative estimate of drug-likeness (QED) is 0.855. The van der Waals surface area contributed by atoms with Gasteiger partial charge in [-0.3, -0.25) is 4.79 Å². The summed E-state index contributed by atoms with van der Waals surface area (Å²) in [5.41, 5.74) is 7.63. The Morgan fingerprint density at radius 3 is 2.32 bits per heavy atom.